The largest absolute Gasteiger partial charge is 0.493 e. The van der Waals surface area contributed by atoms with E-state index in [-0.39, 0.29) is 17.4 Å². The molecule has 1 N–H and O–H groups in total. The Labute approximate surface area is 127 Å². The van der Waals surface area contributed by atoms with Crippen molar-refractivity contribution in [3.8, 4) is 5.75 Å². The lowest BCUT2D eigenvalue weighted by Gasteiger charge is -2.21. The van der Waals surface area contributed by atoms with E-state index in [1.165, 1.54) is 12.7 Å². The van der Waals surface area contributed by atoms with Crippen molar-refractivity contribution in [3.63, 3.8) is 0 Å². The van der Waals surface area contributed by atoms with Crippen LogP contribution in [0, 0.1) is 6.92 Å². The van der Waals surface area contributed by atoms with Crippen LogP contribution in [-0.4, -0.2) is 32.8 Å². The van der Waals surface area contributed by atoms with Crippen molar-refractivity contribution in [2.24, 2.45) is 0 Å². The lowest BCUT2D eigenvalue weighted by molar-refractivity contribution is -0.143. The Bertz CT molecular complexity index is 477. The van der Waals surface area contributed by atoms with Crippen LogP contribution in [0.1, 0.15) is 38.3 Å². The fourth-order valence-corrected chi connectivity index (χ4v) is 2.09. The van der Waals surface area contributed by atoms with E-state index in [9.17, 15) is 4.79 Å². The van der Waals surface area contributed by atoms with Crippen LogP contribution in [0.25, 0.3) is 0 Å². The van der Waals surface area contributed by atoms with Crippen LogP contribution in [0.2, 0.25) is 0 Å². The van der Waals surface area contributed by atoms with Gasteiger partial charge in [0.25, 0.3) is 0 Å². The van der Waals surface area contributed by atoms with Crippen molar-refractivity contribution in [3.05, 3.63) is 29.3 Å². The molecule has 21 heavy (non-hydrogen) atoms. The first-order valence-corrected chi connectivity index (χ1v) is 7.28. The molecule has 0 aromatic heterocycles. The zero-order chi connectivity index (χ0) is 16.0. The molecule has 0 heterocycles. The highest BCUT2D eigenvalue weighted by molar-refractivity contribution is 5.75. The Balaban J connectivity index is 2.62. The van der Waals surface area contributed by atoms with Gasteiger partial charge in [-0.15, -0.1) is 0 Å². The lowest BCUT2D eigenvalue weighted by atomic mass is 9.86. The smallest absolute Gasteiger partial charge is 0.322 e. The number of aryl methyl sites for hydroxylation is 1. The molecule has 0 saturated carbocycles. The van der Waals surface area contributed by atoms with Crippen LogP contribution in [0.4, 0.5) is 0 Å². The quantitative estimate of drug-likeness (QED) is 0.819. The predicted octanol–water partition coefficient (Wildman–Crippen LogP) is 2.82. The molecule has 0 aliphatic heterocycles. The molecular weight excluding hydrogens is 266 g/mol. The summed E-state index contributed by atoms with van der Waals surface area (Å²) in [5, 5.41) is 2.93. The van der Waals surface area contributed by atoms with Crippen LogP contribution < -0.4 is 10.1 Å². The zero-order valence-corrected chi connectivity index (χ0v) is 13.9. The highest BCUT2D eigenvalue weighted by atomic mass is 16.5. The maximum Gasteiger partial charge on any atom is 0.322 e. The topological polar surface area (TPSA) is 47.6 Å². The molecule has 0 aliphatic carbocycles. The van der Waals surface area contributed by atoms with Crippen LogP contribution in [-0.2, 0) is 14.9 Å². The number of benzene rings is 1. The molecule has 1 rings (SSSR count). The fourth-order valence-electron chi connectivity index (χ4n) is 2.09. The molecule has 4 heteroatoms. The summed E-state index contributed by atoms with van der Waals surface area (Å²) in [5.41, 5.74) is 2.53. The number of hydrogen-bond acceptors (Lipinski definition) is 4. The van der Waals surface area contributed by atoms with Crippen LogP contribution in [0.15, 0.2) is 18.2 Å². The molecule has 0 bridgehead atoms. The number of esters is 1. The summed E-state index contributed by atoms with van der Waals surface area (Å²) < 4.78 is 10.5. The second kappa shape index (κ2) is 7.46. The first-order chi connectivity index (χ1) is 9.79. The van der Waals surface area contributed by atoms with E-state index >= 15 is 0 Å². The van der Waals surface area contributed by atoms with E-state index in [1.54, 1.807) is 7.05 Å². The minimum Gasteiger partial charge on any atom is -0.493 e. The normalized spacial score (nSPS) is 12.9. The molecule has 1 unspecified atom stereocenters. The third-order valence-electron chi connectivity index (χ3n) is 3.54. The van der Waals surface area contributed by atoms with Gasteiger partial charge in [0.2, 0.25) is 0 Å². The Morgan fingerprint density at radius 1 is 1.33 bits per heavy atom. The summed E-state index contributed by atoms with van der Waals surface area (Å²) >= 11 is 0. The highest BCUT2D eigenvalue weighted by Gasteiger charge is 2.17. The number of methoxy groups -OCH3 is 1. The number of carbonyl (C=O) groups excluding carboxylic acids is 1. The van der Waals surface area contributed by atoms with Gasteiger partial charge in [-0.2, -0.15) is 0 Å². The number of carbonyl (C=O) groups is 1. The van der Waals surface area contributed by atoms with Crippen molar-refractivity contribution in [2.75, 3.05) is 20.8 Å². The molecule has 1 aromatic carbocycles. The van der Waals surface area contributed by atoms with Crippen molar-refractivity contribution in [2.45, 2.75) is 45.6 Å². The molecule has 0 spiro atoms. The molecule has 0 radical (unpaired) electrons. The highest BCUT2D eigenvalue weighted by Crippen LogP contribution is 2.27. The molecule has 0 fully saturated rings. The maximum atomic E-state index is 11.5. The second-order valence-corrected chi connectivity index (χ2v) is 6.23. The average molecular weight is 293 g/mol. The molecular formula is C17H27NO3. The number of hydrogen-bond donors (Lipinski definition) is 1. The molecule has 1 atom stereocenters. The summed E-state index contributed by atoms with van der Waals surface area (Å²) in [4.78, 5) is 11.5. The van der Waals surface area contributed by atoms with Gasteiger partial charge in [-0.3, -0.25) is 4.79 Å². The lowest BCUT2D eigenvalue weighted by Crippen LogP contribution is -2.36. The summed E-state index contributed by atoms with van der Waals surface area (Å²) in [6, 6.07) is 5.93. The van der Waals surface area contributed by atoms with Crippen LogP contribution in [0.3, 0.4) is 0 Å². The van der Waals surface area contributed by atoms with Gasteiger partial charge in [0.05, 0.1) is 13.7 Å². The van der Waals surface area contributed by atoms with E-state index in [4.69, 9.17) is 9.47 Å². The number of rotatable bonds is 6. The molecule has 118 valence electrons. The van der Waals surface area contributed by atoms with Crippen molar-refractivity contribution >= 4 is 5.97 Å². The van der Waals surface area contributed by atoms with Crippen molar-refractivity contribution in [1.82, 2.24) is 5.32 Å². The summed E-state index contributed by atoms with van der Waals surface area (Å²) in [6.07, 6.45) is 0.573. The number of nitrogens with one attached hydrogen (secondary N) is 1. The van der Waals surface area contributed by atoms with Gasteiger partial charge in [0.15, 0.2) is 0 Å². The van der Waals surface area contributed by atoms with E-state index in [2.05, 4.69) is 38.2 Å². The third-order valence-corrected chi connectivity index (χ3v) is 3.54. The number of likely N-dealkylation sites (N-methyl/N-ethyl adjacent to an activating group) is 1. The fraction of sp³-hybridized carbons (Fsp3) is 0.588. The SMILES string of the molecule is CNC(CCOc1ccc(C(C)(C)C)cc1C)C(=O)OC. The number of ether oxygens (including phenoxy) is 2. The molecule has 4 nitrogen and oxygen atoms in total. The zero-order valence-electron chi connectivity index (χ0n) is 13.9. The van der Waals surface area contributed by atoms with E-state index in [0.717, 1.165) is 11.3 Å². The van der Waals surface area contributed by atoms with Crippen LogP contribution in [0.5, 0.6) is 5.75 Å². The molecule has 1 aromatic rings. The van der Waals surface area contributed by atoms with Gasteiger partial charge in [-0.25, -0.2) is 0 Å². The Kier molecular flexibility index (Phi) is 6.21. The van der Waals surface area contributed by atoms with Crippen molar-refractivity contribution < 1.29 is 14.3 Å². The van der Waals surface area contributed by atoms with Crippen molar-refractivity contribution in [1.29, 1.82) is 0 Å². The predicted molar refractivity (Wildman–Crippen MR) is 84.9 cm³/mol. The van der Waals surface area contributed by atoms with E-state index in [1.807, 2.05) is 13.0 Å². The van der Waals surface area contributed by atoms with Gasteiger partial charge >= 0.3 is 5.97 Å². The third kappa shape index (κ3) is 5.05. The minimum atomic E-state index is -0.329. The molecule has 0 amide bonds. The molecule has 0 saturated heterocycles. The summed E-state index contributed by atoms with van der Waals surface area (Å²) in [6.45, 7) is 9.08. The van der Waals surface area contributed by atoms with E-state index in [0.29, 0.717) is 13.0 Å². The van der Waals surface area contributed by atoms with Gasteiger partial charge in [-0.05, 0) is 36.6 Å². The Hall–Kier alpha value is -1.55. The Morgan fingerprint density at radius 3 is 2.48 bits per heavy atom. The maximum absolute atomic E-state index is 11.5. The monoisotopic (exact) mass is 293 g/mol. The van der Waals surface area contributed by atoms with E-state index < -0.39 is 0 Å². The van der Waals surface area contributed by atoms with Crippen LogP contribution >= 0.6 is 0 Å². The minimum absolute atomic E-state index is 0.130. The Morgan fingerprint density at radius 2 is 2.00 bits per heavy atom. The second-order valence-electron chi connectivity index (χ2n) is 6.23. The summed E-state index contributed by atoms with van der Waals surface area (Å²) in [5.74, 6) is 0.601. The average Bonchev–Trinajstić information content (AvgIpc) is 2.43. The molecule has 0 aliphatic rings. The van der Waals surface area contributed by atoms with Gasteiger partial charge < -0.3 is 14.8 Å². The standard InChI is InChI=1S/C17H27NO3/c1-12-11-13(17(2,3)4)7-8-15(12)21-10-9-14(18-5)16(19)20-6/h7-8,11,14,18H,9-10H2,1-6H3. The van der Waals surface area contributed by atoms with Gasteiger partial charge in [-0.1, -0.05) is 32.9 Å². The first-order valence-electron chi connectivity index (χ1n) is 7.28. The van der Waals surface area contributed by atoms with Gasteiger partial charge in [0, 0.05) is 6.42 Å². The first kappa shape index (κ1) is 17.5. The summed E-state index contributed by atoms with van der Waals surface area (Å²) in [7, 11) is 3.13. The van der Waals surface area contributed by atoms with Gasteiger partial charge in [0.1, 0.15) is 11.8 Å².